The number of carbonyl (C=O) groups is 2. The molecule has 0 aromatic heterocycles. The van der Waals surface area contributed by atoms with Crippen LogP contribution in [0.4, 0.5) is 32.3 Å². The Kier molecular flexibility index (Phi) is 9.08. The second kappa shape index (κ2) is 13.8. The van der Waals surface area contributed by atoms with E-state index in [1.807, 2.05) is 72.8 Å². The van der Waals surface area contributed by atoms with Gasteiger partial charge >= 0.3 is 12.1 Å². The van der Waals surface area contributed by atoms with Crippen LogP contribution < -0.4 is 21.3 Å². The number of carbonyl (C=O) groups excluding carboxylic acids is 2. The van der Waals surface area contributed by atoms with E-state index in [0.717, 1.165) is 22.3 Å². The number of hydrogen-bond donors (Lipinski definition) is 4. The minimum atomic E-state index is -3.78. The minimum absolute atomic E-state index is 0.168. The van der Waals surface area contributed by atoms with Crippen molar-refractivity contribution in [1.29, 1.82) is 0 Å². The molecule has 0 saturated carbocycles. The summed E-state index contributed by atoms with van der Waals surface area (Å²) >= 11 is 0. The first-order valence-corrected chi connectivity index (χ1v) is 16.2. The highest BCUT2D eigenvalue weighted by Gasteiger charge is 2.18. The number of amides is 4. The lowest BCUT2D eigenvalue weighted by Crippen LogP contribution is -2.19. The predicted octanol–water partition coefficient (Wildman–Crippen LogP) is 9.14. The Bertz CT molecular complexity index is 1970. The van der Waals surface area contributed by atoms with Gasteiger partial charge < -0.3 is 21.3 Å². The van der Waals surface area contributed by atoms with Crippen molar-refractivity contribution in [2.24, 2.45) is 0 Å². The summed E-state index contributed by atoms with van der Waals surface area (Å²) in [5, 5.41) is 11.2. The van der Waals surface area contributed by atoms with Gasteiger partial charge in [0.15, 0.2) is 0 Å². The Morgan fingerprint density at radius 1 is 0.362 bits per heavy atom. The Labute approximate surface area is 273 Å². The number of para-hydroxylation sites is 2. The standard InChI is InChI=1S/C38H30N4O4S/c43-37(39-31-11-3-1-4-12-31)41-33-15-7-9-29(25-33)27-17-21-35(22-18-27)47(45,46)36-23-19-28(20-24-36)30-10-8-16-34(26-30)42-38(44)40-32-13-5-2-6-14-32/h1-26H,(H2,39,41,43)(H2,40,42,44). The van der Waals surface area contributed by atoms with Gasteiger partial charge in [-0.1, -0.05) is 84.9 Å². The van der Waals surface area contributed by atoms with E-state index in [2.05, 4.69) is 21.3 Å². The lowest BCUT2D eigenvalue weighted by atomic mass is 10.1. The van der Waals surface area contributed by atoms with E-state index >= 15 is 0 Å². The molecule has 0 bridgehead atoms. The third-order valence-corrected chi connectivity index (χ3v) is 9.09. The molecule has 0 aliphatic carbocycles. The van der Waals surface area contributed by atoms with Crippen LogP contribution in [0.1, 0.15) is 0 Å². The van der Waals surface area contributed by atoms with Crippen molar-refractivity contribution in [1.82, 2.24) is 0 Å². The van der Waals surface area contributed by atoms with Crippen LogP contribution >= 0.6 is 0 Å². The van der Waals surface area contributed by atoms with E-state index in [-0.39, 0.29) is 21.9 Å². The largest absolute Gasteiger partial charge is 0.323 e. The molecule has 0 atom stereocenters. The molecule has 0 fully saturated rings. The molecule has 47 heavy (non-hydrogen) atoms. The van der Waals surface area contributed by atoms with Crippen LogP contribution in [0.25, 0.3) is 22.3 Å². The van der Waals surface area contributed by atoms with Gasteiger partial charge in [0.25, 0.3) is 0 Å². The topological polar surface area (TPSA) is 116 Å². The summed E-state index contributed by atoms with van der Waals surface area (Å²) in [6, 6.07) is 45.5. The molecule has 6 aromatic rings. The van der Waals surface area contributed by atoms with Gasteiger partial charge in [0.2, 0.25) is 9.84 Å². The summed E-state index contributed by atoms with van der Waals surface area (Å²) in [6.45, 7) is 0. The Morgan fingerprint density at radius 3 is 1.09 bits per heavy atom. The van der Waals surface area contributed by atoms with Crippen molar-refractivity contribution in [2.45, 2.75) is 9.79 Å². The lowest BCUT2D eigenvalue weighted by Gasteiger charge is -2.11. The molecule has 4 amide bonds. The summed E-state index contributed by atoms with van der Waals surface area (Å²) in [6.07, 6.45) is 0. The fraction of sp³-hybridized carbons (Fsp3) is 0. The third kappa shape index (κ3) is 7.73. The van der Waals surface area contributed by atoms with Crippen LogP contribution in [-0.4, -0.2) is 20.5 Å². The third-order valence-electron chi connectivity index (χ3n) is 7.30. The summed E-state index contributed by atoms with van der Waals surface area (Å²) < 4.78 is 26.9. The number of hydrogen-bond acceptors (Lipinski definition) is 4. The Balaban J connectivity index is 1.11. The maximum absolute atomic E-state index is 13.5. The van der Waals surface area contributed by atoms with Gasteiger partial charge in [0.1, 0.15) is 0 Å². The average Bonchev–Trinajstić information content (AvgIpc) is 3.09. The van der Waals surface area contributed by atoms with E-state index in [0.29, 0.717) is 22.7 Å². The molecule has 232 valence electrons. The molecule has 9 heteroatoms. The zero-order chi connectivity index (χ0) is 32.6. The summed E-state index contributed by atoms with van der Waals surface area (Å²) in [7, 11) is -3.78. The van der Waals surface area contributed by atoms with Gasteiger partial charge in [0.05, 0.1) is 9.79 Å². The van der Waals surface area contributed by atoms with Gasteiger partial charge in [-0.15, -0.1) is 0 Å². The van der Waals surface area contributed by atoms with Crippen molar-refractivity contribution >= 4 is 44.6 Å². The van der Waals surface area contributed by atoms with Gasteiger partial charge in [-0.2, -0.15) is 0 Å². The number of urea groups is 2. The van der Waals surface area contributed by atoms with Gasteiger partial charge in [0, 0.05) is 22.7 Å². The smallest absolute Gasteiger partial charge is 0.308 e. The van der Waals surface area contributed by atoms with E-state index < -0.39 is 9.84 Å². The molecule has 4 N–H and O–H groups in total. The maximum atomic E-state index is 13.5. The van der Waals surface area contributed by atoms with E-state index in [1.54, 1.807) is 84.9 Å². The molecular weight excluding hydrogens is 609 g/mol. The van der Waals surface area contributed by atoms with Crippen LogP contribution in [-0.2, 0) is 9.84 Å². The molecule has 6 aromatic carbocycles. The zero-order valence-electron chi connectivity index (χ0n) is 25.1. The van der Waals surface area contributed by atoms with Crippen molar-refractivity contribution in [3.05, 3.63) is 158 Å². The highest BCUT2D eigenvalue weighted by Crippen LogP contribution is 2.29. The number of benzene rings is 6. The highest BCUT2D eigenvalue weighted by molar-refractivity contribution is 7.91. The van der Waals surface area contributed by atoms with E-state index in [4.69, 9.17) is 0 Å². The van der Waals surface area contributed by atoms with Crippen LogP contribution in [0.3, 0.4) is 0 Å². The SMILES string of the molecule is O=C(Nc1ccccc1)Nc1cccc(-c2ccc(S(=O)(=O)c3ccc(-c4cccc(NC(=O)Nc5ccccc5)c4)cc3)cc2)c1. The quantitative estimate of drug-likeness (QED) is 0.133. The molecule has 0 saturated heterocycles. The maximum Gasteiger partial charge on any atom is 0.323 e. The monoisotopic (exact) mass is 638 g/mol. The molecule has 0 unspecified atom stereocenters. The first-order valence-electron chi connectivity index (χ1n) is 14.8. The molecule has 0 heterocycles. The predicted molar refractivity (Wildman–Crippen MR) is 187 cm³/mol. The van der Waals surface area contributed by atoms with Crippen molar-refractivity contribution < 1.29 is 18.0 Å². The fourth-order valence-electron chi connectivity index (χ4n) is 4.97. The van der Waals surface area contributed by atoms with Crippen molar-refractivity contribution in [2.75, 3.05) is 21.3 Å². The molecular formula is C38H30N4O4S. The zero-order valence-corrected chi connectivity index (χ0v) is 25.9. The summed E-state index contributed by atoms with van der Waals surface area (Å²) in [5.41, 5.74) is 5.82. The molecule has 0 aliphatic heterocycles. The number of sulfone groups is 1. The Morgan fingerprint density at radius 2 is 0.702 bits per heavy atom. The lowest BCUT2D eigenvalue weighted by molar-refractivity contribution is 0.261. The average molecular weight is 639 g/mol. The Hall–Kier alpha value is -6.19. The minimum Gasteiger partial charge on any atom is -0.308 e. The number of nitrogens with one attached hydrogen (secondary N) is 4. The molecule has 0 radical (unpaired) electrons. The first-order chi connectivity index (χ1) is 22.8. The van der Waals surface area contributed by atoms with Gasteiger partial charge in [-0.25, -0.2) is 18.0 Å². The molecule has 0 aliphatic rings. The van der Waals surface area contributed by atoms with Gasteiger partial charge in [-0.3, -0.25) is 0 Å². The van der Waals surface area contributed by atoms with Crippen LogP contribution in [0.15, 0.2) is 168 Å². The molecule has 6 rings (SSSR count). The number of anilines is 4. The molecule has 8 nitrogen and oxygen atoms in total. The van der Waals surface area contributed by atoms with Crippen LogP contribution in [0.5, 0.6) is 0 Å². The van der Waals surface area contributed by atoms with Crippen molar-refractivity contribution in [3.63, 3.8) is 0 Å². The number of rotatable bonds is 8. The fourth-order valence-corrected chi connectivity index (χ4v) is 6.23. The van der Waals surface area contributed by atoms with Crippen LogP contribution in [0, 0.1) is 0 Å². The van der Waals surface area contributed by atoms with Gasteiger partial charge in [-0.05, 0) is 95.1 Å². The van der Waals surface area contributed by atoms with Crippen molar-refractivity contribution in [3.8, 4) is 22.3 Å². The summed E-state index contributed by atoms with van der Waals surface area (Å²) in [4.78, 5) is 25.2. The normalized spacial score (nSPS) is 10.9. The van der Waals surface area contributed by atoms with E-state index in [9.17, 15) is 18.0 Å². The second-order valence-corrected chi connectivity index (χ2v) is 12.6. The summed E-state index contributed by atoms with van der Waals surface area (Å²) in [5.74, 6) is 0. The highest BCUT2D eigenvalue weighted by atomic mass is 32.2. The van der Waals surface area contributed by atoms with Crippen LogP contribution in [0.2, 0.25) is 0 Å². The first kappa shape index (κ1) is 30.8. The molecule has 0 spiro atoms. The van der Waals surface area contributed by atoms with E-state index in [1.165, 1.54) is 0 Å². The second-order valence-electron chi connectivity index (χ2n) is 10.6.